The first-order valence-corrected chi connectivity index (χ1v) is 5.67. The molecule has 0 bridgehead atoms. The number of rotatable bonds is 3. The third-order valence-electron chi connectivity index (χ3n) is 2.78. The topological polar surface area (TPSA) is 20.2 Å². The largest absolute Gasteiger partial charge is 0.396 e. The predicted molar refractivity (Wildman–Crippen MR) is 61.6 cm³/mol. The molecular formula is C11H13IO. The van der Waals surface area contributed by atoms with E-state index in [1.807, 2.05) is 0 Å². The lowest BCUT2D eigenvalue weighted by atomic mass is 9.98. The Morgan fingerprint density at radius 2 is 1.85 bits per heavy atom. The van der Waals surface area contributed by atoms with Crippen LogP contribution in [0.5, 0.6) is 0 Å². The Morgan fingerprint density at radius 1 is 1.23 bits per heavy atom. The molecule has 1 nitrogen and oxygen atoms in total. The molecule has 0 spiro atoms. The Balaban J connectivity index is 2.06. The summed E-state index contributed by atoms with van der Waals surface area (Å²) in [6.07, 6.45) is 3.42. The van der Waals surface area contributed by atoms with Crippen LogP contribution in [-0.2, 0) is 6.42 Å². The lowest BCUT2D eigenvalue weighted by Gasteiger charge is -2.10. The molecule has 0 aromatic heterocycles. The SMILES string of the molecule is OCC1(Cc2ccc(I)cc2)CC1. The third-order valence-corrected chi connectivity index (χ3v) is 3.50. The highest BCUT2D eigenvalue weighted by atomic mass is 127. The molecule has 1 fully saturated rings. The summed E-state index contributed by atoms with van der Waals surface area (Å²) in [6, 6.07) is 8.59. The van der Waals surface area contributed by atoms with Gasteiger partial charge in [-0.3, -0.25) is 0 Å². The highest BCUT2D eigenvalue weighted by molar-refractivity contribution is 14.1. The maximum atomic E-state index is 9.17. The number of halogens is 1. The van der Waals surface area contributed by atoms with E-state index in [0.717, 1.165) is 6.42 Å². The second-order valence-electron chi connectivity index (χ2n) is 3.96. The molecular weight excluding hydrogens is 275 g/mol. The van der Waals surface area contributed by atoms with Gasteiger partial charge in [0.05, 0.1) is 0 Å². The second kappa shape index (κ2) is 3.58. The van der Waals surface area contributed by atoms with Crippen LogP contribution in [0.1, 0.15) is 18.4 Å². The number of benzene rings is 1. The minimum atomic E-state index is 0.243. The number of hydrogen-bond donors (Lipinski definition) is 1. The van der Waals surface area contributed by atoms with Crippen molar-refractivity contribution in [1.29, 1.82) is 0 Å². The molecule has 1 N–H and O–H groups in total. The summed E-state index contributed by atoms with van der Waals surface area (Å²) in [5.41, 5.74) is 1.60. The van der Waals surface area contributed by atoms with Gasteiger partial charge in [0.25, 0.3) is 0 Å². The summed E-state index contributed by atoms with van der Waals surface area (Å²) in [6.45, 7) is 0.346. The molecule has 0 saturated heterocycles. The summed E-state index contributed by atoms with van der Waals surface area (Å²) in [4.78, 5) is 0. The molecule has 1 aromatic carbocycles. The molecule has 0 aliphatic heterocycles. The molecule has 1 aromatic rings. The van der Waals surface area contributed by atoms with Crippen molar-refractivity contribution in [2.75, 3.05) is 6.61 Å². The minimum absolute atomic E-state index is 0.243. The van der Waals surface area contributed by atoms with Crippen LogP contribution in [0.2, 0.25) is 0 Å². The van der Waals surface area contributed by atoms with Crippen molar-refractivity contribution in [2.24, 2.45) is 5.41 Å². The van der Waals surface area contributed by atoms with Crippen molar-refractivity contribution < 1.29 is 5.11 Å². The average molecular weight is 288 g/mol. The van der Waals surface area contributed by atoms with Gasteiger partial charge in [-0.1, -0.05) is 12.1 Å². The van der Waals surface area contributed by atoms with Crippen molar-refractivity contribution in [3.63, 3.8) is 0 Å². The highest BCUT2D eigenvalue weighted by Crippen LogP contribution is 2.47. The van der Waals surface area contributed by atoms with Gasteiger partial charge in [-0.05, 0) is 65.0 Å². The van der Waals surface area contributed by atoms with E-state index in [1.54, 1.807) is 0 Å². The molecule has 0 radical (unpaired) electrons. The quantitative estimate of drug-likeness (QED) is 0.848. The van der Waals surface area contributed by atoms with Crippen LogP contribution >= 0.6 is 22.6 Å². The Bertz CT molecular complexity index is 287. The summed E-state index contributed by atoms with van der Waals surface area (Å²) in [5.74, 6) is 0. The van der Waals surface area contributed by atoms with Crippen molar-refractivity contribution in [1.82, 2.24) is 0 Å². The van der Waals surface area contributed by atoms with Crippen LogP contribution in [0.3, 0.4) is 0 Å². The van der Waals surface area contributed by atoms with E-state index in [9.17, 15) is 5.11 Å². The van der Waals surface area contributed by atoms with E-state index in [1.165, 1.54) is 22.0 Å². The molecule has 2 heteroatoms. The Labute approximate surface area is 92.3 Å². The average Bonchev–Trinajstić information content (AvgIpc) is 2.90. The van der Waals surface area contributed by atoms with E-state index >= 15 is 0 Å². The van der Waals surface area contributed by atoms with Gasteiger partial charge in [0, 0.05) is 10.2 Å². The summed E-state index contributed by atoms with van der Waals surface area (Å²) >= 11 is 2.31. The zero-order valence-corrected chi connectivity index (χ0v) is 9.62. The smallest absolute Gasteiger partial charge is 0.0490 e. The highest BCUT2D eigenvalue weighted by Gasteiger charge is 2.41. The third kappa shape index (κ3) is 2.23. The second-order valence-corrected chi connectivity index (χ2v) is 5.21. The van der Waals surface area contributed by atoms with Gasteiger partial charge in [0.1, 0.15) is 0 Å². The standard InChI is InChI=1S/C11H13IO/c12-10-3-1-9(2-4-10)7-11(8-13)5-6-11/h1-4,13H,5-8H2. The van der Waals surface area contributed by atoms with Gasteiger partial charge < -0.3 is 5.11 Å². The zero-order chi connectivity index (χ0) is 9.31. The Kier molecular flexibility index (Phi) is 2.60. The van der Waals surface area contributed by atoms with Gasteiger partial charge in [0.2, 0.25) is 0 Å². The number of aliphatic hydroxyl groups excluding tert-OH is 1. The lowest BCUT2D eigenvalue weighted by molar-refractivity contribution is 0.211. The summed E-state index contributed by atoms with van der Waals surface area (Å²) in [7, 11) is 0. The molecule has 1 saturated carbocycles. The van der Waals surface area contributed by atoms with Crippen LogP contribution in [0, 0.1) is 8.99 Å². The van der Waals surface area contributed by atoms with Crippen molar-refractivity contribution in [2.45, 2.75) is 19.3 Å². The van der Waals surface area contributed by atoms with Gasteiger partial charge in [-0.2, -0.15) is 0 Å². The monoisotopic (exact) mass is 288 g/mol. The van der Waals surface area contributed by atoms with Crippen LogP contribution < -0.4 is 0 Å². The first kappa shape index (κ1) is 9.46. The van der Waals surface area contributed by atoms with Crippen LogP contribution in [0.25, 0.3) is 0 Å². The minimum Gasteiger partial charge on any atom is -0.396 e. The molecule has 0 amide bonds. The van der Waals surface area contributed by atoms with E-state index in [2.05, 4.69) is 46.9 Å². The van der Waals surface area contributed by atoms with E-state index < -0.39 is 0 Å². The molecule has 70 valence electrons. The number of hydrogen-bond acceptors (Lipinski definition) is 1. The zero-order valence-electron chi connectivity index (χ0n) is 7.46. The maximum absolute atomic E-state index is 9.17. The maximum Gasteiger partial charge on any atom is 0.0490 e. The number of aliphatic hydroxyl groups is 1. The fraction of sp³-hybridized carbons (Fsp3) is 0.455. The fourth-order valence-corrected chi connectivity index (χ4v) is 1.96. The van der Waals surface area contributed by atoms with Crippen LogP contribution in [0.15, 0.2) is 24.3 Å². The molecule has 0 atom stereocenters. The molecule has 0 heterocycles. The predicted octanol–water partition coefficient (Wildman–Crippen LogP) is 2.61. The first-order valence-electron chi connectivity index (χ1n) is 4.59. The van der Waals surface area contributed by atoms with E-state index in [4.69, 9.17) is 0 Å². The van der Waals surface area contributed by atoms with Crippen molar-refractivity contribution in [3.05, 3.63) is 33.4 Å². The van der Waals surface area contributed by atoms with Gasteiger partial charge in [0.15, 0.2) is 0 Å². The molecule has 2 rings (SSSR count). The summed E-state index contributed by atoms with van der Waals surface area (Å²) in [5, 5.41) is 9.17. The molecule has 1 aliphatic carbocycles. The van der Waals surface area contributed by atoms with Crippen LogP contribution in [0.4, 0.5) is 0 Å². The van der Waals surface area contributed by atoms with Gasteiger partial charge >= 0.3 is 0 Å². The fourth-order valence-electron chi connectivity index (χ4n) is 1.60. The molecule has 1 aliphatic rings. The van der Waals surface area contributed by atoms with Crippen molar-refractivity contribution in [3.8, 4) is 0 Å². The first-order chi connectivity index (χ1) is 6.24. The van der Waals surface area contributed by atoms with Crippen LogP contribution in [-0.4, -0.2) is 11.7 Å². The Morgan fingerprint density at radius 3 is 2.31 bits per heavy atom. The lowest BCUT2D eigenvalue weighted by Crippen LogP contribution is -2.09. The van der Waals surface area contributed by atoms with Crippen molar-refractivity contribution >= 4 is 22.6 Å². The molecule has 0 unspecified atom stereocenters. The van der Waals surface area contributed by atoms with Gasteiger partial charge in [-0.25, -0.2) is 0 Å². The van der Waals surface area contributed by atoms with Gasteiger partial charge in [-0.15, -0.1) is 0 Å². The summed E-state index contributed by atoms with van der Waals surface area (Å²) < 4.78 is 1.27. The van der Waals surface area contributed by atoms with E-state index in [-0.39, 0.29) is 5.41 Å². The van der Waals surface area contributed by atoms with E-state index in [0.29, 0.717) is 6.61 Å². The normalized spacial score (nSPS) is 18.6. The Hall–Kier alpha value is -0.0900. The molecule has 13 heavy (non-hydrogen) atoms.